The minimum Gasteiger partial charge on any atom is -0.339 e. The minimum absolute atomic E-state index is 0.160. The van der Waals surface area contributed by atoms with Crippen LogP contribution in [-0.2, 0) is 0 Å². The van der Waals surface area contributed by atoms with E-state index in [1.165, 1.54) is 0 Å². The van der Waals surface area contributed by atoms with Crippen molar-refractivity contribution < 1.29 is 4.79 Å². The molecule has 0 aliphatic heterocycles. The molecule has 0 saturated heterocycles. The topological polar surface area (TPSA) is 58.1 Å². The van der Waals surface area contributed by atoms with Gasteiger partial charge in [0.25, 0.3) is 5.91 Å². The molecular formula is C20H20N4O. The van der Waals surface area contributed by atoms with Crippen molar-refractivity contribution in [3.05, 3.63) is 78.0 Å². The van der Waals surface area contributed by atoms with Gasteiger partial charge in [-0.1, -0.05) is 30.3 Å². The van der Waals surface area contributed by atoms with Crippen LogP contribution in [0.3, 0.4) is 0 Å². The summed E-state index contributed by atoms with van der Waals surface area (Å²) in [7, 11) is 0. The number of nitrogens with zero attached hydrogens (tertiary/aromatic N) is 3. The number of aromatic nitrogens is 2. The van der Waals surface area contributed by atoms with Crippen molar-refractivity contribution in [2.75, 3.05) is 16.8 Å². The molecule has 0 radical (unpaired) electrons. The van der Waals surface area contributed by atoms with Crippen LogP contribution in [0.25, 0.3) is 0 Å². The number of aryl methyl sites for hydroxylation is 1. The molecule has 0 saturated carbocycles. The highest BCUT2D eigenvalue weighted by Gasteiger charge is 2.18. The minimum atomic E-state index is -0.160. The highest BCUT2D eigenvalue weighted by atomic mass is 16.2. The Kier molecular flexibility index (Phi) is 5.04. The molecule has 5 nitrogen and oxygen atoms in total. The van der Waals surface area contributed by atoms with Crippen molar-refractivity contribution in [1.82, 2.24) is 10.2 Å². The largest absolute Gasteiger partial charge is 0.339 e. The molecule has 0 atom stereocenters. The Bertz CT molecular complexity index is 847. The van der Waals surface area contributed by atoms with Gasteiger partial charge in [0, 0.05) is 17.9 Å². The van der Waals surface area contributed by atoms with Crippen LogP contribution < -0.4 is 10.2 Å². The summed E-state index contributed by atoms with van der Waals surface area (Å²) < 4.78 is 0. The van der Waals surface area contributed by atoms with E-state index in [4.69, 9.17) is 0 Å². The molecule has 2 aromatic carbocycles. The maximum absolute atomic E-state index is 12.8. The summed E-state index contributed by atoms with van der Waals surface area (Å²) in [6.45, 7) is 4.51. The second kappa shape index (κ2) is 7.57. The lowest BCUT2D eigenvalue weighted by Gasteiger charge is -2.20. The van der Waals surface area contributed by atoms with Gasteiger partial charge in [-0.2, -0.15) is 0 Å². The monoisotopic (exact) mass is 332 g/mol. The first-order valence-corrected chi connectivity index (χ1v) is 8.21. The molecule has 3 aromatic rings. The zero-order chi connectivity index (χ0) is 17.6. The van der Waals surface area contributed by atoms with E-state index in [0.29, 0.717) is 18.1 Å². The Morgan fingerprint density at radius 1 is 1.00 bits per heavy atom. The molecule has 0 bridgehead atoms. The maximum Gasteiger partial charge on any atom is 0.278 e. The molecule has 5 heteroatoms. The third-order valence-corrected chi connectivity index (χ3v) is 3.80. The molecule has 0 unspecified atom stereocenters. The number of anilines is 3. The van der Waals surface area contributed by atoms with Crippen LogP contribution in [0.15, 0.2) is 66.7 Å². The van der Waals surface area contributed by atoms with Crippen LogP contribution in [0, 0.1) is 6.92 Å². The average molecular weight is 332 g/mol. The number of hydrogen-bond acceptors (Lipinski definition) is 4. The zero-order valence-electron chi connectivity index (χ0n) is 14.3. The van der Waals surface area contributed by atoms with Crippen molar-refractivity contribution in [3.63, 3.8) is 0 Å². The normalized spacial score (nSPS) is 10.3. The van der Waals surface area contributed by atoms with Crippen LogP contribution in [-0.4, -0.2) is 22.6 Å². The second-order valence-corrected chi connectivity index (χ2v) is 5.68. The third kappa shape index (κ3) is 4.01. The molecule has 0 aliphatic rings. The van der Waals surface area contributed by atoms with Gasteiger partial charge in [0.1, 0.15) is 0 Å². The number of para-hydroxylation sites is 1. The number of amides is 1. The fourth-order valence-electron chi connectivity index (χ4n) is 2.56. The Hall–Kier alpha value is -3.21. The zero-order valence-corrected chi connectivity index (χ0v) is 14.3. The molecule has 0 fully saturated rings. The van der Waals surface area contributed by atoms with Crippen molar-refractivity contribution in [3.8, 4) is 0 Å². The first-order valence-electron chi connectivity index (χ1n) is 8.21. The van der Waals surface area contributed by atoms with E-state index < -0.39 is 0 Å². The number of hydrogen-bond donors (Lipinski definition) is 1. The lowest BCUT2D eigenvalue weighted by Crippen LogP contribution is -2.31. The quantitative estimate of drug-likeness (QED) is 0.761. The van der Waals surface area contributed by atoms with Crippen LogP contribution in [0.4, 0.5) is 17.2 Å². The summed E-state index contributed by atoms with van der Waals surface area (Å²) >= 11 is 0. The smallest absolute Gasteiger partial charge is 0.278 e. The fourth-order valence-corrected chi connectivity index (χ4v) is 2.56. The number of carbonyl (C=O) groups excluding carboxylic acids is 1. The van der Waals surface area contributed by atoms with Crippen LogP contribution in [0.1, 0.15) is 23.0 Å². The molecule has 1 aromatic heterocycles. The van der Waals surface area contributed by atoms with Crippen molar-refractivity contribution in [1.29, 1.82) is 0 Å². The first kappa shape index (κ1) is 16.6. The van der Waals surface area contributed by atoms with Crippen LogP contribution in [0.5, 0.6) is 0 Å². The number of carbonyl (C=O) groups is 1. The summed E-state index contributed by atoms with van der Waals surface area (Å²) in [4.78, 5) is 14.5. The predicted molar refractivity (Wildman–Crippen MR) is 100 cm³/mol. The predicted octanol–water partition coefficient (Wildman–Crippen LogP) is 4.20. The Balaban J connectivity index is 1.77. The Morgan fingerprint density at radius 3 is 2.44 bits per heavy atom. The summed E-state index contributed by atoms with van der Waals surface area (Å²) in [5.74, 6) is 0.438. The fraction of sp³-hybridized carbons (Fsp3) is 0.150. The maximum atomic E-state index is 12.8. The van der Waals surface area contributed by atoms with Gasteiger partial charge in [-0.15, -0.1) is 10.2 Å². The molecule has 25 heavy (non-hydrogen) atoms. The van der Waals surface area contributed by atoms with E-state index >= 15 is 0 Å². The highest BCUT2D eigenvalue weighted by molar-refractivity contribution is 6.04. The summed E-state index contributed by atoms with van der Waals surface area (Å²) in [5.41, 5.74) is 3.21. The number of rotatable bonds is 5. The summed E-state index contributed by atoms with van der Waals surface area (Å²) in [6.07, 6.45) is 0. The van der Waals surface area contributed by atoms with Crippen molar-refractivity contribution in [2.24, 2.45) is 0 Å². The van der Waals surface area contributed by atoms with E-state index in [1.54, 1.807) is 17.0 Å². The van der Waals surface area contributed by atoms with E-state index in [2.05, 4.69) is 15.5 Å². The summed E-state index contributed by atoms with van der Waals surface area (Å²) in [5, 5.41) is 11.4. The lowest BCUT2D eigenvalue weighted by molar-refractivity contribution is 0.0982. The van der Waals surface area contributed by atoms with Crippen molar-refractivity contribution in [2.45, 2.75) is 13.8 Å². The molecule has 0 spiro atoms. The van der Waals surface area contributed by atoms with Gasteiger partial charge < -0.3 is 10.2 Å². The van der Waals surface area contributed by atoms with Gasteiger partial charge in [0.2, 0.25) is 0 Å². The average Bonchev–Trinajstić information content (AvgIpc) is 2.64. The SMILES string of the molecule is CCN(C(=O)c1ccc(Nc2ccccc2)nn1)c1cccc(C)c1. The summed E-state index contributed by atoms with van der Waals surface area (Å²) in [6, 6.07) is 21.0. The van der Waals surface area contributed by atoms with Gasteiger partial charge in [-0.05, 0) is 55.8 Å². The van der Waals surface area contributed by atoms with Crippen LogP contribution >= 0.6 is 0 Å². The third-order valence-electron chi connectivity index (χ3n) is 3.80. The van der Waals surface area contributed by atoms with E-state index in [1.807, 2.05) is 68.4 Å². The lowest BCUT2D eigenvalue weighted by atomic mass is 10.2. The standard InChI is InChI=1S/C20H20N4O/c1-3-24(17-11-7-8-15(2)14-17)20(25)18-12-13-19(23-22-18)21-16-9-5-4-6-10-16/h4-14H,3H2,1-2H3,(H,21,23). The molecule has 1 amide bonds. The second-order valence-electron chi connectivity index (χ2n) is 5.68. The van der Waals surface area contributed by atoms with Gasteiger partial charge in [0.05, 0.1) is 0 Å². The molecule has 3 rings (SSSR count). The van der Waals surface area contributed by atoms with E-state index in [0.717, 1.165) is 16.9 Å². The molecule has 1 N–H and O–H groups in total. The number of benzene rings is 2. The Morgan fingerprint density at radius 2 is 1.80 bits per heavy atom. The molecule has 0 aliphatic carbocycles. The first-order chi connectivity index (χ1) is 12.2. The van der Waals surface area contributed by atoms with Gasteiger partial charge in [0.15, 0.2) is 11.5 Å². The van der Waals surface area contributed by atoms with E-state index in [9.17, 15) is 4.79 Å². The molecular weight excluding hydrogens is 312 g/mol. The van der Waals surface area contributed by atoms with Gasteiger partial charge in [-0.25, -0.2) is 0 Å². The van der Waals surface area contributed by atoms with Gasteiger partial charge in [-0.3, -0.25) is 4.79 Å². The van der Waals surface area contributed by atoms with Gasteiger partial charge >= 0.3 is 0 Å². The van der Waals surface area contributed by atoms with Crippen LogP contribution in [0.2, 0.25) is 0 Å². The molecule has 1 heterocycles. The number of nitrogens with one attached hydrogen (secondary N) is 1. The van der Waals surface area contributed by atoms with Crippen molar-refractivity contribution >= 4 is 23.1 Å². The van der Waals surface area contributed by atoms with E-state index in [-0.39, 0.29) is 5.91 Å². The molecule has 126 valence electrons. The highest BCUT2D eigenvalue weighted by Crippen LogP contribution is 2.19. The Labute approximate surface area is 147 Å².